The lowest BCUT2D eigenvalue weighted by molar-refractivity contribution is -0.146. The van der Waals surface area contributed by atoms with Gasteiger partial charge in [-0.3, -0.25) is 9.48 Å². The van der Waals surface area contributed by atoms with Crippen LogP contribution in [0.3, 0.4) is 0 Å². The van der Waals surface area contributed by atoms with Gasteiger partial charge in [-0.05, 0) is 31.7 Å². The number of rotatable bonds is 5. The van der Waals surface area contributed by atoms with E-state index in [0.717, 1.165) is 31.7 Å². The number of nitrogens with one attached hydrogen (secondary N) is 2. The van der Waals surface area contributed by atoms with Gasteiger partial charge in [-0.15, -0.1) is 0 Å². The molecule has 1 spiro atoms. The molecule has 2 unspecified atom stereocenters. The fourth-order valence-electron chi connectivity index (χ4n) is 5.30. The minimum Gasteiger partial charge on any atom is -0.378 e. The Kier molecular flexibility index (Phi) is 4.58. The zero-order chi connectivity index (χ0) is 17.4. The standard InChI is InChI=1S/C19H30N4O2/c1-3-25-17-8-16(19(17)6-4-5-7-19)22-18(24)15-11-20-10-14(15)13-9-21-23(2)12-13/h9,12,14-17,20H,3-8,10-11H2,1-2H3,(H,22,24)/t14-,15+,16?,17?/m1/s1. The molecule has 4 atom stereocenters. The van der Waals surface area contributed by atoms with Crippen LogP contribution in [0.25, 0.3) is 0 Å². The summed E-state index contributed by atoms with van der Waals surface area (Å²) >= 11 is 0. The summed E-state index contributed by atoms with van der Waals surface area (Å²) < 4.78 is 7.79. The molecule has 138 valence electrons. The Hall–Kier alpha value is -1.40. The van der Waals surface area contributed by atoms with Crippen LogP contribution in [0.2, 0.25) is 0 Å². The molecule has 1 aromatic heterocycles. The molecule has 1 amide bonds. The van der Waals surface area contributed by atoms with Gasteiger partial charge in [0.15, 0.2) is 0 Å². The van der Waals surface area contributed by atoms with E-state index in [-0.39, 0.29) is 29.2 Å². The molecule has 6 nitrogen and oxygen atoms in total. The van der Waals surface area contributed by atoms with Gasteiger partial charge in [0.25, 0.3) is 0 Å². The normalized spacial score (nSPS) is 33.5. The first-order chi connectivity index (χ1) is 12.1. The average molecular weight is 346 g/mol. The van der Waals surface area contributed by atoms with E-state index < -0.39 is 0 Å². The van der Waals surface area contributed by atoms with E-state index in [1.165, 1.54) is 25.7 Å². The van der Waals surface area contributed by atoms with Crippen molar-refractivity contribution < 1.29 is 9.53 Å². The monoisotopic (exact) mass is 346 g/mol. The molecule has 1 aliphatic heterocycles. The number of carbonyl (C=O) groups is 1. The molecule has 2 aliphatic carbocycles. The fourth-order valence-corrected chi connectivity index (χ4v) is 5.30. The Balaban J connectivity index is 1.43. The number of amides is 1. The maximum atomic E-state index is 13.0. The van der Waals surface area contributed by atoms with Crippen LogP contribution in [-0.2, 0) is 16.6 Å². The second kappa shape index (κ2) is 6.72. The molecule has 2 heterocycles. The van der Waals surface area contributed by atoms with Gasteiger partial charge < -0.3 is 15.4 Å². The summed E-state index contributed by atoms with van der Waals surface area (Å²) in [6.07, 6.45) is 10.1. The van der Waals surface area contributed by atoms with Crippen molar-refractivity contribution in [3.05, 3.63) is 18.0 Å². The molecule has 0 radical (unpaired) electrons. The molecule has 0 aromatic carbocycles. The molecule has 1 saturated heterocycles. The van der Waals surface area contributed by atoms with Crippen LogP contribution in [0.15, 0.2) is 12.4 Å². The number of carbonyl (C=O) groups excluding carboxylic acids is 1. The molecule has 1 aromatic rings. The average Bonchev–Trinajstić information content (AvgIpc) is 3.33. The zero-order valence-electron chi connectivity index (χ0n) is 15.3. The van der Waals surface area contributed by atoms with E-state index in [9.17, 15) is 4.79 Å². The summed E-state index contributed by atoms with van der Waals surface area (Å²) in [6, 6.07) is 0.286. The predicted octanol–water partition coefficient (Wildman–Crippen LogP) is 1.58. The lowest BCUT2D eigenvalue weighted by Gasteiger charge is -2.54. The summed E-state index contributed by atoms with van der Waals surface area (Å²) in [4.78, 5) is 13.0. The first-order valence-electron chi connectivity index (χ1n) is 9.75. The van der Waals surface area contributed by atoms with E-state index in [2.05, 4.69) is 22.7 Å². The molecule has 2 N–H and O–H groups in total. The first kappa shape index (κ1) is 17.0. The maximum absolute atomic E-state index is 13.0. The molecule has 0 bridgehead atoms. The van der Waals surface area contributed by atoms with E-state index in [4.69, 9.17) is 4.74 Å². The van der Waals surface area contributed by atoms with Crippen molar-refractivity contribution in [2.45, 2.75) is 57.1 Å². The van der Waals surface area contributed by atoms with Crippen molar-refractivity contribution in [3.63, 3.8) is 0 Å². The molecular weight excluding hydrogens is 316 g/mol. The third kappa shape index (κ3) is 2.89. The van der Waals surface area contributed by atoms with Gasteiger partial charge in [0.05, 0.1) is 18.2 Å². The maximum Gasteiger partial charge on any atom is 0.225 e. The lowest BCUT2D eigenvalue weighted by atomic mass is 9.60. The molecule has 4 rings (SSSR count). The van der Waals surface area contributed by atoms with Crippen LogP contribution in [-0.4, -0.2) is 47.5 Å². The van der Waals surface area contributed by atoms with Crippen LogP contribution in [0, 0.1) is 11.3 Å². The predicted molar refractivity (Wildman–Crippen MR) is 95.2 cm³/mol. The van der Waals surface area contributed by atoms with Crippen LogP contribution in [0.4, 0.5) is 0 Å². The number of aryl methyl sites for hydroxylation is 1. The smallest absolute Gasteiger partial charge is 0.225 e. The summed E-state index contributed by atoms with van der Waals surface area (Å²) in [7, 11) is 1.92. The summed E-state index contributed by atoms with van der Waals surface area (Å²) in [6.45, 7) is 4.43. The molecule has 2 saturated carbocycles. The fraction of sp³-hybridized carbons (Fsp3) is 0.789. The number of hydrogen-bond donors (Lipinski definition) is 2. The van der Waals surface area contributed by atoms with E-state index in [1.807, 2.05) is 24.1 Å². The van der Waals surface area contributed by atoms with Crippen molar-refractivity contribution in [1.82, 2.24) is 20.4 Å². The Labute approximate surface area is 149 Å². The molecule has 3 fully saturated rings. The molecule has 3 aliphatic rings. The van der Waals surface area contributed by atoms with Gasteiger partial charge >= 0.3 is 0 Å². The van der Waals surface area contributed by atoms with Crippen LogP contribution in [0.5, 0.6) is 0 Å². The van der Waals surface area contributed by atoms with Crippen LogP contribution < -0.4 is 10.6 Å². The van der Waals surface area contributed by atoms with Gasteiger partial charge in [0.1, 0.15) is 0 Å². The van der Waals surface area contributed by atoms with Crippen molar-refractivity contribution in [2.24, 2.45) is 18.4 Å². The number of hydrogen-bond acceptors (Lipinski definition) is 4. The highest BCUT2D eigenvalue weighted by atomic mass is 16.5. The summed E-state index contributed by atoms with van der Waals surface area (Å²) in [5.74, 6) is 0.412. The Morgan fingerprint density at radius 2 is 2.24 bits per heavy atom. The van der Waals surface area contributed by atoms with Gasteiger partial charge in [-0.2, -0.15) is 5.10 Å². The third-order valence-corrected chi connectivity index (χ3v) is 6.71. The first-order valence-corrected chi connectivity index (χ1v) is 9.75. The molecular formula is C19H30N4O2. The molecule has 25 heavy (non-hydrogen) atoms. The van der Waals surface area contributed by atoms with Crippen molar-refractivity contribution in [3.8, 4) is 0 Å². The summed E-state index contributed by atoms with van der Waals surface area (Å²) in [5, 5.41) is 11.1. The second-order valence-electron chi connectivity index (χ2n) is 8.00. The minimum atomic E-state index is -0.00574. The quantitative estimate of drug-likeness (QED) is 0.849. The Morgan fingerprint density at radius 3 is 2.92 bits per heavy atom. The topological polar surface area (TPSA) is 68.2 Å². The van der Waals surface area contributed by atoms with E-state index >= 15 is 0 Å². The van der Waals surface area contributed by atoms with Crippen molar-refractivity contribution >= 4 is 5.91 Å². The Morgan fingerprint density at radius 1 is 1.44 bits per heavy atom. The second-order valence-corrected chi connectivity index (χ2v) is 8.00. The van der Waals surface area contributed by atoms with Crippen molar-refractivity contribution in [2.75, 3.05) is 19.7 Å². The van der Waals surface area contributed by atoms with Crippen LogP contribution in [0.1, 0.15) is 50.5 Å². The number of ether oxygens (including phenoxy) is 1. The SMILES string of the molecule is CCOC1CC(NC(=O)[C@H]2CNC[C@@H]2c2cnn(C)c2)C12CCCC2. The van der Waals surface area contributed by atoms with Gasteiger partial charge in [0.2, 0.25) is 5.91 Å². The van der Waals surface area contributed by atoms with Gasteiger partial charge in [-0.1, -0.05) is 12.8 Å². The van der Waals surface area contributed by atoms with Gasteiger partial charge in [-0.25, -0.2) is 0 Å². The van der Waals surface area contributed by atoms with Gasteiger partial charge in [0, 0.05) is 50.3 Å². The number of aromatic nitrogens is 2. The Bertz CT molecular complexity index is 623. The molecule has 6 heteroatoms. The highest BCUT2D eigenvalue weighted by Gasteiger charge is 2.57. The highest BCUT2D eigenvalue weighted by molar-refractivity contribution is 5.81. The van der Waals surface area contributed by atoms with E-state index in [0.29, 0.717) is 6.10 Å². The third-order valence-electron chi connectivity index (χ3n) is 6.71. The summed E-state index contributed by atoms with van der Waals surface area (Å²) in [5.41, 5.74) is 1.35. The zero-order valence-corrected chi connectivity index (χ0v) is 15.3. The minimum absolute atomic E-state index is 0.00574. The van der Waals surface area contributed by atoms with Crippen molar-refractivity contribution in [1.29, 1.82) is 0 Å². The van der Waals surface area contributed by atoms with E-state index in [1.54, 1.807) is 0 Å². The number of nitrogens with zero attached hydrogens (tertiary/aromatic N) is 2. The lowest BCUT2D eigenvalue weighted by Crippen LogP contribution is -2.64. The van der Waals surface area contributed by atoms with Crippen LogP contribution >= 0.6 is 0 Å². The largest absolute Gasteiger partial charge is 0.378 e. The highest BCUT2D eigenvalue weighted by Crippen LogP contribution is 2.54.